The molecular weight excluding hydrogens is 432 g/mol. The largest absolute Gasteiger partial charge is 0.467 e. The third-order valence-electron chi connectivity index (χ3n) is 6.56. The fourth-order valence-electron chi connectivity index (χ4n) is 4.95. The predicted molar refractivity (Wildman–Crippen MR) is 127 cm³/mol. The Bertz CT molecular complexity index is 1140. The lowest BCUT2D eigenvalue weighted by atomic mass is 9.91. The maximum atomic E-state index is 13.8. The van der Waals surface area contributed by atoms with Gasteiger partial charge in [0.1, 0.15) is 11.8 Å². The Kier molecular flexibility index (Phi) is 6.50. The standard InChI is InChI=1S/C26H32N4O4/c1-6-29-20-14-30(23(15(2)3)24(31)27-13-18-8-7-11-34-18)25(32)21(20)22(28-26(29)33)19-10-9-16(4)12-17(19)5/h7-12,15,22-23H,6,13-14H2,1-5H3,(H,27,31)(H,28,33)/t22-,23-/m1/s1. The molecule has 2 aliphatic heterocycles. The Hall–Kier alpha value is -3.55. The lowest BCUT2D eigenvalue weighted by molar-refractivity contribution is -0.138. The molecule has 8 heteroatoms. The predicted octanol–water partition coefficient (Wildman–Crippen LogP) is 3.42. The van der Waals surface area contributed by atoms with E-state index in [-0.39, 0.29) is 36.9 Å². The van der Waals surface area contributed by atoms with E-state index in [0.717, 1.165) is 16.7 Å². The number of carbonyl (C=O) groups is 3. The summed E-state index contributed by atoms with van der Waals surface area (Å²) in [5.41, 5.74) is 4.22. The molecule has 0 spiro atoms. The minimum Gasteiger partial charge on any atom is -0.467 e. The number of nitrogens with one attached hydrogen (secondary N) is 2. The lowest BCUT2D eigenvalue weighted by Gasteiger charge is -2.33. The van der Waals surface area contributed by atoms with Crippen LogP contribution in [0.4, 0.5) is 4.79 Å². The van der Waals surface area contributed by atoms with Crippen LogP contribution in [0.25, 0.3) is 0 Å². The Balaban J connectivity index is 1.66. The van der Waals surface area contributed by atoms with Crippen molar-refractivity contribution in [1.29, 1.82) is 0 Å². The third-order valence-corrected chi connectivity index (χ3v) is 6.56. The first kappa shape index (κ1) is 23.6. The van der Waals surface area contributed by atoms with E-state index in [4.69, 9.17) is 4.42 Å². The summed E-state index contributed by atoms with van der Waals surface area (Å²) in [5, 5.41) is 5.92. The molecule has 0 saturated heterocycles. The van der Waals surface area contributed by atoms with Gasteiger partial charge < -0.3 is 20.0 Å². The summed E-state index contributed by atoms with van der Waals surface area (Å²) in [6, 6.07) is 8.08. The van der Waals surface area contributed by atoms with Crippen molar-refractivity contribution in [2.24, 2.45) is 5.92 Å². The zero-order chi connectivity index (χ0) is 24.6. The monoisotopic (exact) mass is 464 g/mol. The van der Waals surface area contributed by atoms with Crippen LogP contribution in [-0.2, 0) is 16.1 Å². The smallest absolute Gasteiger partial charge is 0.322 e. The molecule has 180 valence electrons. The summed E-state index contributed by atoms with van der Waals surface area (Å²) >= 11 is 0. The number of nitrogens with zero attached hydrogens (tertiary/aromatic N) is 2. The molecule has 0 aliphatic carbocycles. The van der Waals surface area contributed by atoms with Crippen molar-refractivity contribution in [2.45, 2.75) is 53.2 Å². The van der Waals surface area contributed by atoms with Crippen LogP contribution in [0.15, 0.2) is 52.3 Å². The number of likely N-dealkylation sites (N-methyl/N-ethyl adjacent to an activating group) is 1. The van der Waals surface area contributed by atoms with Crippen LogP contribution in [0, 0.1) is 19.8 Å². The van der Waals surface area contributed by atoms with Crippen LogP contribution in [-0.4, -0.2) is 46.8 Å². The van der Waals surface area contributed by atoms with Crippen molar-refractivity contribution < 1.29 is 18.8 Å². The second kappa shape index (κ2) is 9.37. The van der Waals surface area contributed by atoms with E-state index in [9.17, 15) is 14.4 Å². The van der Waals surface area contributed by atoms with Crippen molar-refractivity contribution in [3.05, 3.63) is 70.3 Å². The zero-order valence-corrected chi connectivity index (χ0v) is 20.3. The van der Waals surface area contributed by atoms with E-state index in [0.29, 0.717) is 23.6 Å². The van der Waals surface area contributed by atoms with Gasteiger partial charge >= 0.3 is 6.03 Å². The van der Waals surface area contributed by atoms with Gasteiger partial charge in [0.2, 0.25) is 5.91 Å². The molecule has 1 aromatic carbocycles. The highest BCUT2D eigenvalue weighted by Crippen LogP contribution is 2.38. The molecule has 0 unspecified atom stereocenters. The number of furan rings is 1. The molecule has 2 aliphatic rings. The summed E-state index contributed by atoms with van der Waals surface area (Å²) in [5.74, 6) is 0.0540. The molecule has 2 aromatic rings. The highest BCUT2D eigenvalue weighted by atomic mass is 16.3. The fourth-order valence-corrected chi connectivity index (χ4v) is 4.95. The Morgan fingerprint density at radius 1 is 1.24 bits per heavy atom. The minimum absolute atomic E-state index is 0.125. The molecule has 2 N–H and O–H groups in total. The van der Waals surface area contributed by atoms with Gasteiger partial charge in [0.05, 0.1) is 36.7 Å². The molecule has 4 rings (SSSR count). The molecule has 34 heavy (non-hydrogen) atoms. The quantitative estimate of drug-likeness (QED) is 0.656. The number of hydrogen-bond acceptors (Lipinski definition) is 4. The van der Waals surface area contributed by atoms with E-state index in [1.807, 2.05) is 52.8 Å². The Morgan fingerprint density at radius 3 is 2.62 bits per heavy atom. The van der Waals surface area contributed by atoms with E-state index in [1.54, 1.807) is 28.2 Å². The number of benzene rings is 1. The maximum absolute atomic E-state index is 13.8. The second-order valence-corrected chi connectivity index (χ2v) is 9.27. The van der Waals surface area contributed by atoms with Crippen LogP contribution >= 0.6 is 0 Å². The summed E-state index contributed by atoms with van der Waals surface area (Å²) in [6.45, 7) is 10.6. The Morgan fingerprint density at radius 2 is 2.00 bits per heavy atom. The van der Waals surface area contributed by atoms with Gasteiger partial charge in [-0.2, -0.15) is 0 Å². The van der Waals surface area contributed by atoms with Gasteiger partial charge in [-0.3, -0.25) is 14.5 Å². The number of urea groups is 1. The SMILES string of the molecule is CCN1C(=O)N[C@H](c2ccc(C)cc2C)C2=C1CN([C@@H](C(=O)NCc1ccco1)C(C)C)C2=O. The van der Waals surface area contributed by atoms with Crippen molar-refractivity contribution in [3.8, 4) is 0 Å². The van der Waals surface area contributed by atoms with Crippen molar-refractivity contribution in [3.63, 3.8) is 0 Å². The van der Waals surface area contributed by atoms with Gasteiger partial charge in [-0.05, 0) is 49.9 Å². The van der Waals surface area contributed by atoms with E-state index < -0.39 is 12.1 Å². The number of hydrogen-bond donors (Lipinski definition) is 2. The lowest BCUT2D eigenvalue weighted by Crippen LogP contribution is -2.51. The highest BCUT2D eigenvalue weighted by Gasteiger charge is 2.47. The second-order valence-electron chi connectivity index (χ2n) is 9.27. The average Bonchev–Trinajstić information content (AvgIpc) is 3.41. The van der Waals surface area contributed by atoms with Gasteiger partial charge in [0.25, 0.3) is 5.91 Å². The van der Waals surface area contributed by atoms with Gasteiger partial charge in [-0.25, -0.2) is 4.79 Å². The molecule has 8 nitrogen and oxygen atoms in total. The van der Waals surface area contributed by atoms with Crippen molar-refractivity contribution in [2.75, 3.05) is 13.1 Å². The summed E-state index contributed by atoms with van der Waals surface area (Å²) in [7, 11) is 0. The number of aryl methyl sites for hydroxylation is 2. The number of amides is 4. The normalized spacial score (nSPS) is 18.9. The number of rotatable bonds is 7. The molecule has 4 amide bonds. The molecule has 3 heterocycles. The van der Waals surface area contributed by atoms with Gasteiger partial charge in [0, 0.05) is 6.54 Å². The zero-order valence-electron chi connectivity index (χ0n) is 20.3. The molecule has 2 atom stereocenters. The fraction of sp³-hybridized carbons (Fsp3) is 0.423. The first-order valence-electron chi connectivity index (χ1n) is 11.7. The molecule has 1 aromatic heterocycles. The van der Waals surface area contributed by atoms with E-state index in [1.165, 1.54) is 0 Å². The topological polar surface area (TPSA) is 94.9 Å². The minimum atomic E-state index is -0.679. The van der Waals surface area contributed by atoms with Crippen molar-refractivity contribution >= 4 is 17.8 Å². The third kappa shape index (κ3) is 4.20. The summed E-state index contributed by atoms with van der Waals surface area (Å²) in [6.07, 6.45) is 1.56. The Labute approximate surface area is 200 Å². The van der Waals surface area contributed by atoms with Crippen molar-refractivity contribution in [1.82, 2.24) is 20.4 Å². The summed E-state index contributed by atoms with van der Waals surface area (Å²) < 4.78 is 5.32. The molecule has 0 bridgehead atoms. The first-order valence-corrected chi connectivity index (χ1v) is 11.7. The molecule has 0 fully saturated rings. The van der Waals surface area contributed by atoms with Crippen LogP contribution < -0.4 is 10.6 Å². The van der Waals surface area contributed by atoms with Crippen LogP contribution in [0.3, 0.4) is 0 Å². The van der Waals surface area contributed by atoms with Gasteiger partial charge in [0.15, 0.2) is 0 Å². The van der Waals surface area contributed by atoms with Gasteiger partial charge in [-0.1, -0.05) is 37.6 Å². The van der Waals surface area contributed by atoms with Gasteiger partial charge in [-0.15, -0.1) is 0 Å². The van der Waals surface area contributed by atoms with Crippen LogP contribution in [0.1, 0.15) is 49.3 Å². The first-order chi connectivity index (χ1) is 16.2. The maximum Gasteiger partial charge on any atom is 0.322 e. The average molecular weight is 465 g/mol. The van der Waals surface area contributed by atoms with Crippen LogP contribution in [0.2, 0.25) is 0 Å². The van der Waals surface area contributed by atoms with E-state index >= 15 is 0 Å². The van der Waals surface area contributed by atoms with E-state index in [2.05, 4.69) is 10.6 Å². The molecular formula is C26H32N4O4. The number of carbonyl (C=O) groups excluding carboxylic acids is 3. The summed E-state index contributed by atoms with van der Waals surface area (Å²) in [4.78, 5) is 43.2. The molecule has 0 saturated carbocycles. The molecule has 0 radical (unpaired) electrons. The van der Waals surface area contributed by atoms with Crippen LogP contribution in [0.5, 0.6) is 0 Å². The highest BCUT2D eigenvalue weighted by molar-refractivity contribution is 6.03.